The number of para-hydroxylation sites is 2. The van der Waals surface area contributed by atoms with Crippen LogP contribution in [0.4, 0.5) is 0 Å². The first-order valence-corrected chi connectivity index (χ1v) is 7.25. The Labute approximate surface area is 129 Å². The van der Waals surface area contributed by atoms with Crippen LogP contribution in [0.25, 0.3) is 10.9 Å². The molecule has 0 saturated heterocycles. The number of hydrogen-bond acceptors (Lipinski definition) is 3. The van der Waals surface area contributed by atoms with Gasteiger partial charge in [0.25, 0.3) is 0 Å². The number of rotatable bonds is 7. The Morgan fingerprint density at radius 3 is 2.59 bits per heavy atom. The van der Waals surface area contributed by atoms with Crippen LogP contribution in [0.1, 0.15) is 0 Å². The van der Waals surface area contributed by atoms with E-state index < -0.39 is 0 Å². The lowest BCUT2D eigenvalue weighted by Crippen LogP contribution is -2.09. The minimum atomic E-state index is 0.446. The highest BCUT2D eigenvalue weighted by Crippen LogP contribution is 2.24. The molecule has 1 aromatic heterocycles. The van der Waals surface area contributed by atoms with Gasteiger partial charge in [0.05, 0.1) is 17.4 Å². The fraction of sp³-hybridized carbons (Fsp3) is 0.167. The molecule has 4 heteroatoms. The monoisotopic (exact) mass is 294 g/mol. The van der Waals surface area contributed by atoms with Gasteiger partial charge in [0.2, 0.25) is 5.88 Å². The Morgan fingerprint density at radius 1 is 1.00 bits per heavy atom. The quantitative estimate of drug-likeness (QED) is 0.624. The summed E-state index contributed by atoms with van der Waals surface area (Å²) in [7, 11) is 0. The summed E-state index contributed by atoms with van der Waals surface area (Å²) in [5.41, 5.74) is 1.04. The molecule has 22 heavy (non-hydrogen) atoms. The summed E-state index contributed by atoms with van der Waals surface area (Å²) in [4.78, 5) is 0. The zero-order valence-electron chi connectivity index (χ0n) is 12.3. The Morgan fingerprint density at radius 2 is 1.77 bits per heavy atom. The standard InChI is InChI=1S/C18H18N2O2/c1-2-13-22-18-16-10-6-7-11-17(16)20(19-18)12-14-21-15-8-4-3-5-9-15/h2-11H,1,12-14H2. The van der Waals surface area contributed by atoms with Crippen LogP contribution in [-0.4, -0.2) is 23.0 Å². The predicted molar refractivity (Wildman–Crippen MR) is 87.4 cm³/mol. The van der Waals surface area contributed by atoms with Crippen LogP contribution >= 0.6 is 0 Å². The van der Waals surface area contributed by atoms with Crippen molar-refractivity contribution in [3.8, 4) is 11.6 Å². The lowest BCUT2D eigenvalue weighted by atomic mass is 10.2. The topological polar surface area (TPSA) is 36.3 Å². The van der Waals surface area contributed by atoms with E-state index in [1.54, 1.807) is 6.08 Å². The third kappa shape index (κ3) is 3.11. The molecule has 0 bridgehead atoms. The van der Waals surface area contributed by atoms with Gasteiger partial charge in [-0.1, -0.05) is 43.0 Å². The Hall–Kier alpha value is -2.75. The summed E-state index contributed by atoms with van der Waals surface area (Å²) in [6, 6.07) is 17.8. The molecule has 0 N–H and O–H groups in total. The maximum Gasteiger partial charge on any atom is 0.241 e. The fourth-order valence-corrected chi connectivity index (χ4v) is 2.28. The van der Waals surface area contributed by atoms with Crippen molar-refractivity contribution in [1.29, 1.82) is 0 Å². The third-order valence-corrected chi connectivity index (χ3v) is 3.28. The normalized spacial score (nSPS) is 10.5. The number of hydrogen-bond donors (Lipinski definition) is 0. The van der Waals surface area contributed by atoms with E-state index in [0.29, 0.717) is 25.6 Å². The van der Waals surface area contributed by atoms with Crippen LogP contribution in [0.2, 0.25) is 0 Å². The molecule has 0 radical (unpaired) electrons. The Bertz CT molecular complexity index is 750. The lowest BCUT2D eigenvalue weighted by molar-refractivity contribution is 0.288. The molecule has 1 heterocycles. The molecule has 0 fully saturated rings. The molecular weight excluding hydrogens is 276 g/mol. The van der Waals surface area contributed by atoms with E-state index in [1.807, 2.05) is 59.3 Å². The van der Waals surface area contributed by atoms with E-state index in [4.69, 9.17) is 9.47 Å². The van der Waals surface area contributed by atoms with Gasteiger partial charge < -0.3 is 9.47 Å². The second-order valence-corrected chi connectivity index (χ2v) is 4.81. The molecule has 0 aliphatic heterocycles. The van der Waals surface area contributed by atoms with E-state index in [0.717, 1.165) is 16.7 Å². The summed E-state index contributed by atoms with van der Waals surface area (Å²) in [5, 5.41) is 5.53. The first-order chi connectivity index (χ1) is 10.9. The van der Waals surface area contributed by atoms with Crippen LogP contribution in [0.15, 0.2) is 67.3 Å². The molecule has 2 aromatic carbocycles. The van der Waals surface area contributed by atoms with Gasteiger partial charge in [-0.2, -0.15) is 0 Å². The number of benzene rings is 2. The summed E-state index contributed by atoms with van der Waals surface area (Å²) in [5.74, 6) is 1.50. The average molecular weight is 294 g/mol. The molecular formula is C18H18N2O2. The number of aromatic nitrogens is 2. The maximum absolute atomic E-state index is 5.73. The van der Waals surface area contributed by atoms with Crippen molar-refractivity contribution in [3.63, 3.8) is 0 Å². The molecule has 0 aliphatic carbocycles. The first kappa shape index (κ1) is 14.2. The number of ether oxygens (including phenoxy) is 2. The highest BCUT2D eigenvalue weighted by atomic mass is 16.5. The SMILES string of the molecule is C=CCOc1nn(CCOc2ccccc2)c2ccccc12. The molecule has 0 amide bonds. The highest BCUT2D eigenvalue weighted by molar-refractivity contribution is 5.84. The highest BCUT2D eigenvalue weighted by Gasteiger charge is 2.10. The van der Waals surface area contributed by atoms with Crippen molar-refractivity contribution in [1.82, 2.24) is 9.78 Å². The van der Waals surface area contributed by atoms with Crippen LogP contribution in [-0.2, 0) is 6.54 Å². The van der Waals surface area contributed by atoms with Crippen molar-refractivity contribution in [2.45, 2.75) is 6.54 Å². The van der Waals surface area contributed by atoms with Crippen LogP contribution in [0.5, 0.6) is 11.6 Å². The predicted octanol–water partition coefficient (Wildman–Crippen LogP) is 3.68. The lowest BCUT2D eigenvalue weighted by Gasteiger charge is -2.06. The van der Waals surface area contributed by atoms with Gasteiger partial charge >= 0.3 is 0 Å². The number of nitrogens with zero attached hydrogens (tertiary/aromatic N) is 2. The van der Waals surface area contributed by atoms with Crippen molar-refractivity contribution in [2.75, 3.05) is 13.2 Å². The largest absolute Gasteiger partial charge is 0.492 e. The molecule has 4 nitrogen and oxygen atoms in total. The second kappa shape index (κ2) is 6.80. The Kier molecular flexibility index (Phi) is 4.39. The molecule has 3 aromatic rings. The van der Waals surface area contributed by atoms with Crippen LogP contribution in [0, 0.1) is 0 Å². The molecule has 0 unspecified atom stereocenters. The average Bonchev–Trinajstić information content (AvgIpc) is 2.92. The zero-order valence-corrected chi connectivity index (χ0v) is 12.3. The van der Waals surface area contributed by atoms with Gasteiger partial charge in [0.1, 0.15) is 19.0 Å². The summed E-state index contributed by atoms with van der Waals surface area (Å²) < 4.78 is 13.3. The first-order valence-electron chi connectivity index (χ1n) is 7.25. The van der Waals surface area contributed by atoms with Gasteiger partial charge in [0.15, 0.2) is 0 Å². The van der Waals surface area contributed by atoms with E-state index in [-0.39, 0.29) is 0 Å². The Balaban J connectivity index is 1.74. The molecule has 3 rings (SSSR count). The van der Waals surface area contributed by atoms with E-state index >= 15 is 0 Å². The summed E-state index contributed by atoms with van der Waals surface area (Å²) >= 11 is 0. The van der Waals surface area contributed by atoms with Gasteiger partial charge in [-0.3, -0.25) is 4.68 Å². The van der Waals surface area contributed by atoms with Gasteiger partial charge in [-0.15, -0.1) is 5.10 Å². The van der Waals surface area contributed by atoms with Crippen molar-refractivity contribution < 1.29 is 9.47 Å². The minimum Gasteiger partial charge on any atom is -0.492 e. The molecule has 0 spiro atoms. The molecule has 0 saturated carbocycles. The zero-order chi connectivity index (χ0) is 15.2. The van der Waals surface area contributed by atoms with Crippen molar-refractivity contribution in [2.24, 2.45) is 0 Å². The van der Waals surface area contributed by atoms with E-state index in [9.17, 15) is 0 Å². The van der Waals surface area contributed by atoms with Crippen LogP contribution < -0.4 is 9.47 Å². The van der Waals surface area contributed by atoms with Crippen molar-refractivity contribution in [3.05, 3.63) is 67.3 Å². The van der Waals surface area contributed by atoms with Gasteiger partial charge in [0, 0.05) is 0 Å². The smallest absolute Gasteiger partial charge is 0.241 e. The fourth-order valence-electron chi connectivity index (χ4n) is 2.28. The van der Waals surface area contributed by atoms with E-state index in [2.05, 4.69) is 11.7 Å². The molecule has 112 valence electrons. The summed E-state index contributed by atoms with van der Waals surface area (Å²) in [6.45, 7) is 5.32. The van der Waals surface area contributed by atoms with Gasteiger partial charge in [-0.25, -0.2) is 0 Å². The number of fused-ring (bicyclic) bond motifs is 1. The second-order valence-electron chi connectivity index (χ2n) is 4.81. The maximum atomic E-state index is 5.73. The molecule has 0 aliphatic rings. The van der Waals surface area contributed by atoms with Crippen molar-refractivity contribution >= 4 is 10.9 Å². The van der Waals surface area contributed by atoms with E-state index in [1.165, 1.54) is 0 Å². The minimum absolute atomic E-state index is 0.446. The summed E-state index contributed by atoms with van der Waals surface area (Å²) in [6.07, 6.45) is 1.71. The van der Waals surface area contributed by atoms with Gasteiger partial charge in [-0.05, 0) is 24.3 Å². The third-order valence-electron chi connectivity index (χ3n) is 3.28. The molecule has 0 atom stereocenters. The van der Waals surface area contributed by atoms with Crippen LogP contribution in [0.3, 0.4) is 0 Å².